The lowest BCUT2D eigenvalue weighted by molar-refractivity contribution is -0.142. The van der Waals surface area contributed by atoms with Crippen LogP contribution in [0, 0.1) is 17.1 Å². The van der Waals surface area contributed by atoms with Gasteiger partial charge in [0, 0.05) is 6.54 Å². The van der Waals surface area contributed by atoms with Crippen molar-refractivity contribution in [2.75, 3.05) is 30.7 Å². The predicted molar refractivity (Wildman–Crippen MR) is 139 cm³/mol. The van der Waals surface area contributed by atoms with Crippen molar-refractivity contribution in [3.8, 4) is 6.07 Å². The summed E-state index contributed by atoms with van der Waals surface area (Å²) in [5.74, 6) is -1.00. The monoisotopic (exact) mass is 476 g/mol. The molecule has 0 fully saturated rings. The zero-order chi connectivity index (χ0) is 25.7. The minimum Gasteiger partial charge on any atom is -0.481 e. The smallest absolute Gasteiger partial charge is 0.313 e. The second-order valence-corrected chi connectivity index (χ2v) is 8.59. The molecule has 3 rings (SSSR count). The average Bonchev–Trinajstić information content (AvgIpc) is 2.85. The number of nitrogens with one attached hydrogen (secondary N) is 2. The molecule has 0 aliphatic heterocycles. The zero-order valence-electron chi connectivity index (χ0n) is 20.2. The standard InChI is InChI=1S/C22H28N4O2.C6H5F/c1-22(2,21(27)28)18-8-3-6-16(14-18)10-13-25-11-5-12-26-19-9-4-7-17(15-23)20(19)24;7-6-4-2-1-3-5-6/h3-4,6-9,14,25-26H,5,10-13,24H2,1-2H3,(H,27,28);1-5H. The highest BCUT2D eigenvalue weighted by molar-refractivity contribution is 5.80. The van der Waals surface area contributed by atoms with Crippen molar-refractivity contribution in [1.29, 1.82) is 5.26 Å². The summed E-state index contributed by atoms with van der Waals surface area (Å²) < 4.78 is 11.9. The van der Waals surface area contributed by atoms with E-state index in [1.165, 1.54) is 12.1 Å². The maximum Gasteiger partial charge on any atom is 0.313 e. The number of anilines is 2. The van der Waals surface area contributed by atoms with Crippen LogP contribution in [0.5, 0.6) is 0 Å². The lowest BCUT2D eigenvalue weighted by Gasteiger charge is -2.20. The van der Waals surface area contributed by atoms with Crippen LogP contribution in [0.2, 0.25) is 0 Å². The van der Waals surface area contributed by atoms with Gasteiger partial charge in [0.2, 0.25) is 0 Å². The number of carboxylic acid groups (broad SMARTS) is 1. The fourth-order valence-electron chi connectivity index (χ4n) is 3.26. The van der Waals surface area contributed by atoms with Crippen molar-refractivity contribution in [2.45, 2.75) is 32.1 Å². The summed E-state index contributed by atoms with van der Waals surface area (Å²) >= 11 is 0. The third-order valence-corrected chi connectivity index (χ3v) is 5.58. The van der Waals surface area contributed by atoms with Crippen LogP contribution in [0.25, 0.3) is 0 Å². The molecule has 0 saturated heterocycles. The van der Waals surface area contributed by atoms with Crippen molar-refractivity contribution in [2.24, 2.45) is 0 Å². The highest BCUT2D eigenvalue weighted by atomic mass is 19.1. The molecule has 6 nitrogen and oxygen atoms in total. The van der Waals surface area contributed by atoms with Gasteiger partial charge < -0.3 is 21.5 Å². The van der Waals surface area contributed by atoms with Gasteiger partial charge in [0.05, 0.1) is 22.4 Å². The molecule has 0 aliphatic rings. The normalized spacial score (nSPS) is 10.6. The van der Waals surface area contributed by atoms with E-state index in [2.05, 4.69) is 16.7 Å². The number of nitrogen functional groups attached to an aromatic ring is 1. The predicted octanol–water partition coefficient (Wildman–Crippen LogP) is 4.96. The molecule has 184 valence electrons. The van der Waals surface area contributed by atoms with Crippen molar-refractivity contribution in [3.05, 3.63) is 95.3 Å². The Hall–Kier alpha value is -3.89. The van der Waals surface area contributed by atoms with Crippen LogP contribution in [-0.2, 0) is 16.6 Å². The van der Waals surface area contributed by atoms with Crippen LogP contribution in [0.15, 0.2) is 72.8 Å². The highest BCUT2D eigenvalue weighted by Gasteiger charge is 2.29. The van der Waals surface area contributed by atoms with Crippen LogP contribution in [0.1, 0.15) is 37.0 Å². The first-order valence-electron chi connectivity index (χ1n) is 11.5. The fourth-order valence-corrected chi connectivity index (χ4v) is 3.26. The van der Waals surface area contributed by atoms with Crippen molar-refractivity contribution in [3.63, 3.8) is 0 Å². The molecule has 0 spiro atoms. The molecule has 35 heavy (non-hydrogen) atoms. The van der Waals surface area contributed by atoms with E-state index in [4.69, 9.17) is 11.0 Å². The minimum absolute atomic E-state index is 0.178. The number of nitrogens with two attached hydrogens (primary N) is 1. The lowest BCUT2D eigenvalue weighted by Crippen LogP contribution is -2.28. The molecular formula is C28H33FN4O2. The number of carboxylic acids is 1. The van der Waals surface area contributed by atoms with Gasteiger partial charge in [0.25, 0.3) is 0 Å². The van der Waals surface area contributed by atoms with Crippen LogP contribution in [-0.4, -0.2) is 30.7 Å². The van der Waals surface area contributed by atoms with E-state index in [1.54, 1.807) is 38.1 Å². The topological polar surface area (TPSA) is 111 Å². The van der Waals surface area contributed by atoms with Crippen molar-refractivity contribution >= 4 is 17.3 Å². The van der Waals surface area contributed by atoms with Gasteiger partial charge >= 0.3 is 5.97 Å². The third kappa shape index (κ3) is 8.76. The number of hydrogen-bond acceptors (Lipinski definition) is 5. The molecule has 0 aromatic heterocycles. The van der Waals surface area contributed by atoms with Crippen molar-refractivity contribution < 1.29 is 14.3 Å². The number of halogens is 1. The Morgan fingerprint density at radius 2 is 1.74 bits per heavy atom. The molecule has 0 aliphatic carbocycles. The van der Waals surface area contributed by atoms with E-state index in [0.29, 0.717) is 11.3 Å². The summed E-state index contributed by atoms with van der Waals surface area (Å²) in [7, 11) is 0. The molecule has 0 saturated carbocycles. The quantitative estimate of drug-likeness (QED) is 0.243. The van der Waals surface area contributed by atoms with E-state index < -0.39 is 11.4 Å². The summed E-state index contributed by atoms with van der Waals surface area (Å²) in [5, 5.41) is 25.0. The Morgan fingerprint density at radius 3 is 2.37 bits per heavy atom. The number of carbonyl (C=O) groups is 1. The van der Waals surface area contributed by atoms with Gasteiger partial charge in [-0.15, -0.1) is 0 Å². The van der Waals surface area contributed by atoms with Crippen LogP contribution < -0.4 is 16.4 Å². The largest absolute Gasteiger partial charge is 0.481 e. The van der Waals surface area contributed by atoms with Gasteiger partial charge in [-0.05, 0) is 75.2 Å². The summed E-state index contributed by atoms with van der Waals surface area (Å²) in [5.41, 5.74) is 8.76. The summed E-state index contributed by atoms with van der Waals surface area (Å²) in [6.07, 6.45) is 1.76. The van der Waals surface area contributed by atoms with E-state index in [0.717, 1.165) is 49.3 Å². The third-order valence-electron chi connectivity index (χ3n) is 5.58. The SMILES string of the molecule is CC(C)(C(=O)O)c1cccc(CCNCCCNc2cccc(C#N)c2N)c1.Fc1ccccc1. The molecule has 0 atom stereocenters. The first-order valence-corrected chi connectivity index (χ1v) is 11.5. The molecule has 0 bridgehead atoms. The number of nitriles is 1. The first kappa shape index (κ1) is 27.4. The van der Waals surface area contributed by atoms with E-state index in [9.17, 15) is 14.3 Å². The van der Waals surface area contributed by atoms with Gasteiger partial charge in [-0.25, -0.2) is 4.39 Å². The molecule has 0 amide bonds. The van der Waals surface area contributed by atoms with E-state index >= 15 is 0 Å². The number of nitrogens with zero attached hydrogens (tertiary/aromatic N) is 1. The maximum atomic E-state index is 11.9. The van der Waals surface area contributed by atoms with E-state index in [1.807, 2.05) is 36.4 Å². The Bertz CT molecular complexity index is 1130. The Balaban J connectivity index is 0.000000527. The van der Waals surface area contributed by atoms with Crippen molar-refractivity contribution in [1.82, 2.24) is 5.32 Å². The minimum atomic E-state index is -0.889. The van der Waals surface area contributed by atoms with Crippen LogP contribution >= 0.6 is 0 Å². The van der Waals surface area contributed by atoms with Gasteiger partial charge in [-0.1, -0.05) is 48.5 Å². The second-order valence-electron chi connectivity index (χ2n) is 8.59. The first-order chi connectivity index (χ1) is 16.8. The molecule has 5 N–H and O–H groups in total. The Labute approximate surface area is 206 Å². The summed E-state index contributed by atoms with van der Waals surface area (Å²) in [4.78, 5) is 11.4. The molecular weight excluding hydrogens is 443 g/mol. The molecule has 3 aromatic carbocycles. The maximum absolute atomic E-state index is 11.9. The molecule has 0 unspecified atom stereocenters. The molecule has 0 radical (unpaired) electrons. The number of aliphatic carboxylic acids is 1. The lowest BCUT2D eigenvalue weighted by atomic mass is 9.84. The molecule has 0 heterocycles. The van der Waals surface area contributed by atoms with Crippen LogP contribution in [0.3, 0.4) is 0 Å². The highest BCUT2D eigenvalue weighted by Crippen LogP contribution is 2.24. The zero-order valence-corrected chi connectivity index (χ0v) is 20.2. The number of para-hydroxylation sites is 1. The average molecular weight is 477 g/mol. The number of rotatable bonds is 10. The van der Waals surface area contributed by atoms with E-state index in [-0.39, 0.29) is 5.82 Å². The Kier molecular flexibility index (Phi) is 10.7. The molecule has 7 heteroatoms. The summed E-state index contributed by atoms with van der Waals surface area (Å²) in [6, 6.07) is 23.2. The number of hydrogen-bond donors (Lipinski definition) is 4. The number of benzene rings is 3. The van der Waals surface area contributed by atoms with Gasteiger partial charge in [-0.2, -0.15) is 5.26 Å². The van der Waals surface area contributed by atoms with Gasteiger partial charge in [0.1, 0.15) is 11.9 Å². The molecule has 3 aromatic rings. The van der Waals surface area contributed by atoms with Gasteiger partial charge in [-0.3, -0.25) is 4.79 Å². The fraction of sp³-hybridized carbons (Fsp3) is 0.286. The Morgan fingerprint density at radius 1 is 1.03 bits per heavy atom. The summed E-state index contributed by atoms with van der Waals surface area (Å²) in [6.45, 7) is 5.88. The second kappa shape index (κ2) is 13.7. The van der Waals surface area contributed by atoms with Gasteiger partial charge in [0.15, 0.2) is 0 Å². The van der Waals surface area contributed by atoms with Crippen LogP contribution in [0.4, 0.5) is 15.8 Å².